The van der Waals surface area contributed by atoms with Crippen molar-refractivity contribution in [2.75, 3.05) is 7.11 Å². The second-order valence-corrected chi connectivity index (χ2v) is 6.80. The van der Waals surface area contributed by atoms with Gasteiger partial charge in [-0.05, 0) is 36.4 Å². The van der Waals surface area contributed by atoms with Crippen molar-refractivity contribution in [2.24, 2.45) is 0 Å². The number of aromatic nitrogens is 4. The molecule has 0 spiro atoms. The lowest BCUT2D eigenvalue weighted by Gasteiger charge is -2.08. The molecule has 0 aliphatic heterocycles. The van der Waals surface area contributed by atoms with Crippen LogP contribution >= 0.6 is 0 Å². The number of para-hydroxylation sites is 1. The van der Waals surface area contributed by atoms with Crippen molar-refractivity contribution < 1.29 is 4.74 Å². The predicted molar refractivity (Wildman–Crippen MR) is 116 cm³/mol. The second-order valence-electron chi connectivity index (χ2n) is 6.80. The van der Waals surface area contributed by atoms with Gasteiger partial charge in [0.1, 0.15) is 17.0 Å². The number of rotatable bonds is 4. The molecule has 0 aliphatic rings. The largest absolute Gasteiger partial charge is 0.497 e. The van der Waals surface area contributed by atoms with Gasteiger partial charge in [0, 0.05) is 11.8 Å². The maximum absolute atomic E-state index is 13.3. The average Bonchev–Trinajstić information content (AvgIpc) is 3.27. The van der Waals surface area contributed by atoms with E-state index >= 15 is 0 Å². The molecule has 0 unspecified atom stereocenters. The van der Waals surface area contributed by atoms with Crippen LogP contribution in [-0.4, -0.2) is 26.7 Å². The molecule has 30 heavy (non-hydrogen) atoms. The Morgan fingerprint density at radius 2 is 1.43 bits per heavy atom. The van der Waals surface area contributed by atoms with E-state index in [1.165, 1.54) is 4.68 Å². The lowest BCUT2D eigenvalue weighted by atomic mass is 10.1. The summed E-state index contributed by atoms with van der Waals surface area (Å²) in [5.74, 6) is 0.758. The Hall–Kier alpha value is -4.19. The fourth-order valence-electron chi connectivity index (χ4n) is 3.41. The highest BCUT2D eigenvalue weighted by Gasteiger charge is 2.17. The monoisotopic (exact) mass is 394 g/mol. The van der Waals surface area contributed by atoms with Crippen LogP contribution in [0.5, 0.6) is 5.75 Å². The number of benzene rings is 3. The number of methoxy groups -OCH3 is 1. The quantitative estimate of drug-likeness (QED) is 0.457. The summed E-state index contributed by atoms with van der Waals surface area (Å²) >= 11 is 0. The first-order valence-electron chi connectivity index (χ1n) is 9.52. The van der Waals surface area contributed by atoms with Gasteiger partial charge in [0.2, 0.25) is 0 Å². The summed E-state index contributed by atoms with van der Waals surface area (Å²) in [7, 11) is 1.63. The van der Waals surface area contributed by atoms with Gasteiger partial charge in [-0.3, -0.25) is 4.79 Å². The van der Waals surface area contributed by atoms with Crippen LogP contribution in [-0.2, 0) is 0 Å². The van der Waals surface area contributed by atoms with Gasteiger partial charge in [0.05, 0.1) is 23.9 Å². The smallest absolute Gasteiger partial charge is 0.282 e. The van der Waals surface area contributed by atoms with Crippen molar-refractivity contribution in [1.29, 1.82) is 0 Å². The van der Waals surface area contributed by atoms with E-state index in [1.807, 2.05) is 84.9 Å². The zero-order chi connectivity index (χ0) is 20.5. The Bertz CT molecular complexity index is 1370. The zero-order valence-corrected chi connectivity index (χ0v) is 16.3. The van der Waals surface area contributed by atoms with Gasteiger partial charge in [0.15, 0.2) is 0 Å². The van der Waals surface area contributed by atoms with E-state index in [2.05, 4.69) is 5.10 Å². The van der Waals surface area contributed by atoms with Crippen LogP contribution in [0.2, 0.25) is 0 Å². The summed E-state index contributed by atoms with van der Waals surface area (Å²) in [6.45, 7) is 0. The third-order valence-electron chi connectivity index (χ3n) is 4.95. The third-order valence-corrected chi connectivity index (χ3v) is 4.95. The van der Waals surface area contributed by atoms with Crippen molar-refractivity contribution >= 4 is 10.9 Å². The van der Waals surface area contributed by atoms with Crippen LogP contribution in [0.15, 0.2) is 95.9 Å². The van der Waals surface area contributed by atoms with Crippen molar-refractivity contribution in [3.8, 4) is 28.4 Å². The predicted octanol–water partition coefficient (Wildman–Crippen LogP) is 4.25. The van der Waals surface area contributed by atoms with Crippen LogP contribution in [0.3, 0.4) is 0 Å². The molecule has 3 aromatic carbocycles. The maximum Gasteiger partial charge on any atom is 0.282 e. The molecule has 0 radical (unpaired) electrons. The van der Waals surface area contributed by atoms with Gasteiger partial charge in [0.25, 0.3) is 5.56 Å². The van der Waals surface area contributed by atoms with Crippen LogP contribution in [0.25, 0.3) is 33.5 Å². The Morgan fingerprint density at radius 3 is 2.10 bits per heavy atom. The molecular weight excluding hydrogens is 376 g/mol. The highest BCUT2D eigenvalue weighted by molar-refractivity contribution is 5.90. The first-order valence-corrected chi connectivity index (χ1v) is 9.52. The SMILES string of the molecule is COc1ccc(-n2cc3c(=O)n(-c4ccccc4)nc(-c4ccccc4)c3n2)cc1. The minimum Gasteiger partial charge on any atom is -0.497 e. The van der Waals surface area contributed by atoms with Crippen LogP contribution in [0.4, 0.5) is 0 Å². The number of hydrogen-bond donors (Lipinski definition) is 0. The molecular formula is C24H18N4O2. The fourth-order valence-corrected chi connectivity index (χ4v) is 3.41. The highest BCUT2D eigenvalue weighted by Crippen LogP contribution is 2.25. The zero-order valence-electron chi connectivity index (χ0n) is 16.3. The summed E-state index contributed by atoms with van der Waals surface area (Å²) in [6, 6.07) is 26.7. The first kappa shape index (κ1) is 17.9. The third kappa shape index (κ3) is 3.04. The van der Waals surface area contributed by atoms with E-state index in [0.717, 1.165) is 17.0 Å². The standard InChI is InChI=1S/C24H18N4O2/c1-30-20-14-12-18(13-15-20)27-16-21-23(25-27)22(17-8-4-2-5-9-17)26-28(24(21)29)19-10-6-3-7-11-19/h2-16H,1H3. The summed E-state index contributed by atoms with van der Waals surface area (Å²) in [5.41, 5.74) is 3.44. The Balaban J connectivity index is 1.78. The number of ether oxygens (including phenoxy) is 1. The number of nitrogens with zero attached hydrogens (tertiary/aromatic N) is 4. The molecule has 6 nitrogen and oxygen atoms in total. The molecule has 0 atom stereocenters. The molecule has 0 aliphatic carbocycles. The van der Waals surface area contributed by atoms with E-state index in [0.29, 0.717) is 22.3 Å². The molecule has 0 saturated carbocycles. The average molecular weight is 394 g/mol. The summed E-state index contributed by atoms with van der Waals surface area (Å²) < 4.78 is 8.37. The van der Waals surface area contributed by atoms with E-state index in [9.17, 15) is 4.79 Å². The number of fused-ring (bicyclic) bond motifs is 1. The van der Waals surface area contributed by atoms with E-state index in [1.54, 1.807) is 18.0 Å². The summed E-state index contributed by atoms with van der Waals surface area (Å²) in [6.07, 6.45) is 1.76. The molecule has 146 valence electrons. The lowest BCUT2D eigenvalue weighted by Crippen LogP contribution is -2.21. The van der Waals surface area contributed by atoms with E-state index in [4.69, 9.17) is 9.84 Å². The minimum atomic E-state index is -0.212. The van der Waals surface area contributed by atoms with Gasteiger partial charge < -0.3 is 4.74 Å². The summed E-state index contributed by atoms with van der Waals surface area (Å²) in [4.78, 5) is 13.3. The molecule has 5 rings (SSSR count). The van der Waals surface area contributed by atoms with Crippen molar-refractivity contribution in [3.63, 3.8) is 0 Å². The van der Waals surface area contributed by atoms with Crippen molar-refractivity contribution in [2.45, 2.75) is 0 Å². The van der Waals surface area contributed by atoms with Gasteiger partial charge in [-0.2, -0.15) is 14.9 Å². The molecule has 0 amide bonds. The van der Waals surface area contributed by atoms with Crippen LogP contribution < -0.4 is 10.3 Å². The Labute approximate surface area is 172 Å². The van der Waals surface area contributed by atoms with E-state index in [-0.39, 0.29) is 5.56 Å². The Kier molecular flexibility index (Phi) is 4.37. The molecule has 5 aromatic rings. The Morgan fingerprint density at radius 1 is 0.767 bits per heavy atom. The van der Waals surface area contributed by atoms with Gasteiger partial charge in [-0.15, -0.1) is 0 Å². The number of hydrogen-bond acceptors (Lipinski definition) is 4. The molecule has 0 bridgehead atoms. The maximum atomic E-state index is 13.3. The van der Waals surface area contributed by atoms with Gasteiger partial charge in [-0.1, -0.05) is 48.5 Å². The molecule has 2 heterocycles. The van der Waals surface area contributed by atoms with Crippen molar-refractivity contribution in [3.05, 3.63) is 101 Å². The highest BCUT2D eigenvalue weighted by atomic mass is 16.5. The van der Waals surface area contributed by atoms with E-state index < -0.39 is 0 Å². The molecule has 6 heteroatoms. The molecule has 2 aromatic heterocycles. The van der Waals surface area contributed by atoms with Gasteiger partial charge in [-0.25, -0.2) is 4.68 Å². The molecule has 0 fully saturated rings. The second kappa shape index (κ2) is 7.33. The summed E-state index contributed by atoms with van der Waals surface area (Å²) in [5, 5.41) is 9.90. The topological polar surface area (TPSA) is 61.9 Å². The van der Waals surface area contributed by atoms with Gasteiger partial charge >= 0.3 is 0 Å². The first-order chi connectivity index (χ1) is 14.7. The fraction of sp³-hybridized carbons (Fsp3) is 0.0417. The minimum absolute atomic E-state index is 0.212. The lowest BCUT2D eigenvalue weighted by molar-refractivity contribution is 0.414. The normalized spacial score (nSPS) is 11.0. The molecule has 0 saturated heterocycles. The van der Waals surface area contributed by atoms with Crippen LogP contribution in [0, 0.1) is 0 Å². The van der Waals surface area contributed by atoms with Crippen molar-refractivity contribution in [1.82, 2.24) is 19.6 Å². The van der Waals surface area contributed by atoms with Crippen LogP contribution in [0.1, 0.15) is 0 Å². The molecule has 0 N–H and O–H groups in total.